The average molecular weight is 352 g/mol. The summed E-state index contributed by atoms with van der Waals surface area (Å²) in [6.07, 6.45) is 3.61. The van der Waals surface area contributed by atoms with Crippen LogP contribution in [0.1, 0.15) is 32.6 Å². The molecule has 2 rings (SSSR count). The van der Waals surface area contributed by atoms with Gasteiger partial charge in [-0.2, -0.15) is 0 Å². The average Bonchev–Trinajstić information content (AvgIpc) is 2.95. The normalized spacial score (nSPS) is 14.8. The van der Waals surface area contributed by atoms with Gasteiger partial charge >= 0.3 is 0 Å². The maximum Gasteiger partial charge on any atom is 0.241 e. The van der Waals surface area contributed by atoms with Gasteiger partial charge in [0.2, 0.25) is 5.91 Å². The highest BCUT2D eigenvalue weighted by Crippen LogP contribution is 2.31. The van der Waals surface area contributed by atoms with Crippen molar-refractivity contribution in [2.45, 2.75) is 38.6 Å². The van der Waals surface area contributed by atoms with Crippen molar-refractivity contribution in [3.8, 4) is 0 Å². The standard InChI is InChI=1S/C15H22FN3O.2ClH/c1-2-6-12(17)15(20)18-14-11(16)7-5-8-13(14)19-9-3-4-10-19;;/h5,7-8,12H,2-4,6,9-10,17H2,1H3,(H,18,20);2*1H. The first-order chi connectivity index (χ1) is 9.63. The molecular weight excluding hydrogens is 328 g/mol. The van der Waals surface area contributed by atoms with E-state index in [0.29, 0.717) is 6.42 Å². The van der Waals surface area contributed by atoms with Gasteiger partial charge < -0.3 is 16.0 Å². The Labute approximate surface area is 143 Å². The van der Waals surface area contributed by atoms with Gasteiger partial charge in [-0.05, 0) is 31.4 Å². The number of para-hydroxylation sites is 1. The van der Waals surface area contributed by atoms with E-state index < -0.39 is 11.9 Å². The number of nitrogens with zero attached hydrogens (tertiary/aromatic N) is 1. The molecule has 0 spiro atoms. The second kappa shape index (κ2) is 9.87. The van der Waals surface area contributed by atoms with E-state index >= 15 is 0 Å². The summed E-state index contributed by atoms with van der Waals surface area (Å²) in [6.45, 7) is 3.76. The van der Waals surface area contributed by atoms with Crippen molar-refractivity contribution in [1.82, 2.24) is 0 Å². The fourth-order valence-corrected chi connectivity index (χ4v) is 2.52. The Balaban J connectivity index is 0.00000220. The number of rotatable bonds is 5. The van der Waals surface area contributed by atoms with Crippen molar-refractivity contribution < 1.29 is 9.18 Å². The van der Waals surface area contributed by atoms with E-state index in [2.05, 4.69) is 10.2 Å². The van der Waals surface area contributed by atoms with Gasteiger partial charge in [0.05, 0.1) is 11.7 Å². The smallest absolute Gasteiger partial charge is 0.241 e. The fraction of sp³-hybridized carbons (Fsp3) is 0.533. The molecule has 7 heteroatoms. The van der Waals surface area contributed by atoms with E-state index in [4.69, 9.17) is 5.73 Å². The molecule has 4 nitrogen and oxygen atoms in total. The summed E-state index contributed by atoms with van der Waals surface area (Å²) in [5, 5.41) is 2.66. The molecule has 0 aliphatic carbocycles. The number of amides is 1. The number of hydrogen-bond donors (Lipinski definition) is 2. The Morgan fingerprint density at radius 3 is 2.59 bits per heavy atom. The molecular formula is C15H24Cl2FN3O. The Morgan fingerprint density at radius 1 is 1.36 bits per heavy atom. The van der Waals surface area contributed by atoms with Crippen LogP contribution in [-0.2, 0) is 4.79 Å². The summed E-state index contributed by atoms with van der Waals surface area (Å²) < 4.78 is 14.0. The molecule has 1 atom stereocenters. The summed E-state index contributed by atoms with van der Waals surface area (Å²) in [5.74, 6) is -0.733. The molecule has 1 saturated heterocycles. The summed E-state index contributed by atoms with van der Waals surface area (Å²) in [6, 6.07) is 4.28. The lowest BCUT2D eigenvalue weighted by Crippen LogP contribution is -2.36. The second-order valence-corrected chi connectivity index (χ2v) is 5.21. The predicted octanol–water partition coefficient (Wildman–Crippen LogP) is 3.34. The van der Waals surface area contributed by atoms with Crippen LogP contribution in [0.5, 0.6) is 0 Å². The number of carbonyl (C=O) groups excluding carboxylic acids is 1. The molecule has 22 heavy (non-hydrogen) atoms. The van der Waals surface area contributed by atoms with Gasteiger partial charge in [0.25, 0.3) is 0 Å². The third kappa shape index (κ3) is 5.00. The quantitative estimate of drug-likeness (QED) is 0.855. The van der Waals surface area contributed by atoms with Crippen LogP contribution >= 0.6 is 24.8 Å². The second-order valence-electron chi connectivity index (χ2n) is 5.21. The largest absolute Gasteiger partial charge is 0.370 e. The lowest BCUT2D eigenvalue weighted by atomic mass is 10.1. The topological polar surface area (TPSA) is 58.4 Å². The molecule has 1 aliphatic heterocycles. The monoisotopic (exact) mass is 351 g/mol. The number of carbonyl (C=O) groups is 1. The first-order valence-electron chi connectivity index (χ1n) is 7.23. The molecule has 1 aromatic rings. The Hall–Kier alpha value is -1.04. The van der Waals surface area contributed by atoms with Gasteiger partial charge in [0, 0.05) is 13.1 Å². The minimum Gasteiger partial charge on any atom is -0.370 e. The minimum atomic E-state index is -0.592. The molecule has 1 fully saturated rings. The van der Waals surface area contributed by atoms with Crippen LogP contribution in [0.2, 0.25) is 0 Å². The van der Waals surface area contributed by atoms with Crippen LogP contribution in [0.3, 0.4) is 0 Å². The van der Waals surface area contributed by atoms with Crippen molar-refractivity contribution >= 4 is 42.1 Å². The van der Waals surface area contributed by atoms with E-state index in [1.165, 1.54) is 6.07 Å². The van der Waals surface area contributed by atoms with Crippen molar-refractivity contribution in [3.63, 3.8) is 0 Å². The number of anilines is 2. The van der Waals surface area contributed by atoms with Gasteiger partial charge in [-0.3, -0.25) is 4.79 Å². The Bertz CT molecular complexity index is 482. The van der Waals surface area contributed by atoms with Crippen LogP contribution in [0, 0.1) is 5.82 Å². The number of benzene rings is 1. The number of hydrogen-bond acceptors (Lipinski definition) is 3. The molecule has 1 amide bonds. The zero-order valence-electron chi connectivity index (χ0n) is 12.7. The summed E-state index contributed by atoms with van der Waals surface area (Å²) in [5.41, 5.74) is 6.79. The van der Waals surface area contributed by atoms with Gasteiger partial charge in [-0.1, -0.05) is 19.4 Å². The van der Waals surface area contributed by atoms with E-state index in [9.17, 15) is 9.18 Å². The van der Waals surface area contributed by atoms with Crippen LogP contribution in [0.15, 0.2) is 18.2 Å². The number of nitrogens with one attached hydrogen (secondary N) is 1. The summed E-state index contributed by atoms with van der Waals surface area (Å²) in [4.78, 5) is 14.1. The maximum absolute atomic E-state index is 14.0. The SMILES string of the molecule is CCCC(N)C(=O)Nc1c(F)cccc1N1CCCC1.Cl.Cl. The molecule has 0 aromatic heterocycles. The molecule has 126 valence electrons. The molecule has 0 radical (unpaired) electrons. The maximum atomic E-state index is 14.0. The van der Waals surface area contributed by atoms with Crippen molar-refractivity contribution in [3.05, 3.63) is 24.0 Å². The molecule has 1 aromatic carbocycles. The highest BCUT2D eigenvalue weighted by atomic mass is 35.5. The zero-order valence-corrected chi connectivity index (χ0v) is 14.3. The fourth-order valence-electron chi connectivity index (χ4n) is 2.52. The zero-order chi connectivity index (χ0) is 14.5. The minimum absolute atomic E-state index is 0. The third-order valence-corrected chi connectivity index (χ3v) is 3.62. The van der Waals surface area contributed by atoms with Gasteiger partial charge in [0.1, 0.15) is 11.5 Å². The van der Waals surface area contributed by atoms with E-state index in [1.807, 2.05) is 13.0 Å². The highest BCUT2D eigenvalue weighted by Gasteiger charge is 2.21. The number of nitrogens with two attached hydrogens (primary N) is 1. The Morgan fingerprint density at radius 2 is 2.00 bits per heavy atom. The molecule has 1 unspecified atom stereocenters. The van der Waals surface area contributed by atoms with Crippen LogP contribution in [0.25, 0.3) is 0 Å². The van der Waals surface area contributed by atoms with E-state index in [1.54, 1.807) is 6.07 Å². The molecule has 0 bridgehead atoms. The van der Waals surface area contributed by atoms with Crippen LogP contribution in [0.4, 0.5) is 15.8 Å². The lowest BCUT2D eigenvalue weighted by molar-refractivity contribution is -0.117. The van der Waals surface area contributed by atoms with Gasteiger partial charge in [-0.15, -0.1) is 24.8 Å². The summed E-state index contributed by atoms with van der Waals surface area (Å²) >= 11 is 0. The van der Waals surface area contributed by atoms with Crippen molar-refractivity contribution in [2.24, 2.45) is 5.73 Å². The van der Waals surface area contributed by atoms with Crippen LogP contribution < -0.4 is 16.0 Å². The molecule has 3 N–H and O–H groups in total. The lowest BCUT2D eigenvalue weighted by Gasteiger charge is -2.22. The third-order valence-electron chi connectivity index (χ3n) is 3.62. The summed E-state index contributed by atoms with van der Waals surface area (Å²) in [7, 11) is 0. The number of halogens is 3. The Kier molecular flexibility index (Phi) is 9.41. The molecule has 1 heterocycles. The highest BCUT2D eigenvalue weighted by molar-refractivity contribution is 5.97. The predicted molar refractivity (Wildman–Crippen MR) is 93.9 cm³/mol. The first kappa shape index (κ1) is 21.0. The molecule has 1 aliphatic rings. The van der Waals surface area contributed by atoms with Gasteiger partial charge in [-0.25, -0.2) is 4.39 Å². The molecule has 0 saturated carbocycles. The first-order valence-corrected chi connectivity index (χ1v) is 7.23. The van der Waals surface area contributed by atoms with Crippen LogP contribution in [-0.4, -0.2) is 25.0 Å². The van der Waals surface area contributed by atoms with Gasteiger partial charge in [0.15, 0.2) is 0 Å². The van der Waals surface area contributed by atoms with E-state index in [0.717, 1.165) is 38.0 Å². The van der Waals surface area contributed by atoms with Crippen molar-refractivity contribution in [1.29, 1.82) is 0 Å². The van der Waals surface area contributed by atoms with E-state index in [-0.39, 0.29) is 36.4 Å². The van der Waals surface area contributed by atoms with Crippen molar-refractivity contribution in [2.75, 3.05) is 23.3 Å².